The number of phenols is 2. The number of methoxy groups -OCH3 is 1. The lowest BCUT2D eigenvalue weighted by molar-refractivity contribution is -0.117. The van der Waals surface area contributed by atoms with E-state index in [1.807, 2.05) is 0 Å². The number of rotatable bonds is 4. The Morgan fingerprint density at radius 1 is 1.26 bits per heavy atom. The Balaban J connectivity index is 2.34. The van der Waals surface area contributed by atoms with Crippen LogP contribution in [0.4, 0.5) is 0 Å². The van der Waals surface area contributed by atoms with Crippen LogP contribution in [0.3, 0.4) is 0 Å². The molecule has 19 heavy (non-hydrogen) atoms. The molecule has 0 bridgehead atoms. The molecule has 4 nitrogen and oxygen atoms in total. The first kappa shape index (κ1) is 13.1. The third-order valence-electron chi connectivity index (χ3n) is 2.69. The maximum atomic E-state index is 11.3. The van der Waals surface area contributed by atoms with E-state index in [2.05, 4.69) is 0 Å². The van der Waals surface area contributed by atoms with Crippen molar-refractivity contribution in [3.05, 3.63) is 42.0 Å². The molecule has 0 amide bonds. The molecular weight excluding hydrogens is 244 g/mol. The number of carbonyl (C=O) groups excluding carboxylic acids is 1. The smallest absolute Gasteiger partial charge is 0.181 e. The second-order valence-electron chi connectivity index (χ2n) is 4.18. The summed E-state index contributed by atoms with van der Waals surface area (Å²) in [5, 5.41) is 20.5. The van der Waals surface area contributed by atoms with Gasteiger partial charge < -0.3 is 14.9 Å². The molecule has 2 aromatic carbocycles. The number of ketones is 1. The van der Waals surface area contributed by atoms with E-state index in [1.54, 1.807) is 30.3 Å². The monoisotopic (exact) mass is 258 g/mol. The number of hydrogen-bond acceptors (Lipinski definition) is 4. The fraction of sp³-hybridized carbons (Fsp3) is 0.133. The number of hydrogen-bond donors (Lipinski definition) is 2. The fourth-order valence-corrected chi connectivity index (χ4v) is 1.82. The predicted octanol–water partition coefficient (Wildman–Crippen LogP) is 2.48. The maximum absolute atomic E-state index is 11.3. The van der Waals surface area contributed by atoms with Gasteiger partial charge in [0.15, 0.2) is 5.78 Å². The molecule has 0 aliphatic heterocycles. The largest absolute Gasteiger partial charge is 0.508 e. The third kappa shape index (κ3) is 3.11. The average Bonchev–Trinajstić information content (AvgIpc) is 2.37. The lowest BCUT2D eigenvalue weighted by atomic mass is 10.1. The second-order valence-corrected chi connectivity index (χ2v) is 4.18. The highest BCUT2D eigenvalue weighted by Gasteiger charge is 2.03. The molecule has 0 heterocycles. The van der Waals surface area contributed by atoms with Crippen LogP contribution >= 0.6 is 0 Å². The van der Waals surface area contributed by atoms with Crippen molar-refractivity contribution < 1.29 is 19.7 Å². The van der Waals surface area contributed by atoms with Crippen molar-refractivity contribution in [2.45, 2.75) is 0 Å². The Kier molecular flexibility index (Phi) is 3.82. The second kappa shape index (κ2) is 5.54. The van der Waals surface area contributed by atoms with E-state index in [1.165, 1.54) is 19.3 Å². The summed E-state index contributed by atoms with van der Waals surface area (Å²) < 4.78 is 4.73. The van der Waals surface area contributed by atoms with Gasteiger partial charge in [-0.2, -0.15) is 0 Å². The Hall–Kier alpha value is -2.33. The molecule has 98 valence electrons. The molecule has 2 rings (SSSR count). The van der Waals surface area contributed by atoms with Gasteiger partial charge >= 0.3 is 0 Å². The number of phenolic OH excluding ortho intramolecular Hbond substituents is 2. The zero-order valence-electron chi connectivity index (χ0n) is 10.5. The maximum Gasteiger partial charge on any atom is 0.181 e. The molecule has 0 atom stereocenters. The minimum atomic E-state index is -0.127. The molecule has 2 N–H and O–H groups in total. The van der Waals surface area contributed by atoms with E-state index in [0.717, 1.165) is 10.9 Å². The van der Waals surface area contributed by atoms with Crippen LogP contribution in [0.1, 0.15) is 5.56 Å². The average molecular weight is 258 g/mol. The zero-order valence-corrected chi connectivity index (χ0v) is 10.5. The van der Waals surface area contributed by atoms with Crippen molar-refractivity contribution in [3.8, 4) is 11.5 Å². The highest BCUT2D eigenvalue weighted by Crippen LogP contribution is 2.30. The topological polar surface area (TPSA) is 66.8 Å². The van der Waals surface area contributed by atoms with Gasteiger partial charge in [-0.25, -0.2) is 0 Å². The first-order valence-electron chi connectivity index (χ1n) is 5.76. The van der Waals surface area contributed by atoms with Crippen molar-refractivity contribution >= 4 is 22.6 Å². The summed E-state index contributed by atoms with van der Waals surface area (Å²) in [6.07, 6.45) is 3.09. The molecule has 0 saturated heterocycles. The zero-order chi connectivity index (χ0) is 13.8. The van der Waals surface area contributed by atoms with Crippen molar-refractivity contribution in [2.75, 3.05) is 13.7 Å². The molecule has 0 saturated carbocycles. The summed E-state index contributed by atoms with van der Waals surface area (Å²) in [5.41, 5.74) is 0.790. The summed E-state index contributed by atoms with van der Waals surface area (Å²) in [6.45, 7) is 0.0448. The van der Waals surface area contributed by atoms with Crippen molar-refractivity contribution in [2.24, 2.45) is 0 Å². The number of carbonyl (C=O) groups is 1. The number of benzene rings is 2. The Morgan fingerprint density at radius 2 is 2.05 bits per heavy atom. The molecular formula is C15H14O4. The van der Waals surface area contributed by atoms with Crippen molar-refractivity contribution in [1.29, 1.82) is 0 Å². The summed E-state index contributed by atoms with van der Waals surface area (Å²) in [4.78, 5) is 11.3. The first-order valence-corrected chi connectivity index (χ1v) is 5.76. The van der Waals surface area contributed by atoms with Crippen LogP contribution in [0.5, 0.6) is 11.5 Å². The lowest BCUT2D eigenvalue weighted by Gasteiger charge is -2.03. The van der Waals surface area contributed by atoms with Gasteiger partial charge in [0.1, 0.15) is 18.1 Å². The standard InChI is InChI=1S/C15H14O4/c1-19-9-12(16)5-3-10-2-4-11-7-13(17)8-15(18)14(11)6-10/h2-8,17-18H,9H2,1H3/b5-3+. The quantitative estimate of drug-likeness (QED) is 0.827. The van der Waals surface area contributed by atoms with Crippen molar-refractivity contribution in [1.82, 2.24) is 0 Å². The third-order valence-corrected chi connectivity index (χ3v) is 2.69. The summed E-state index contributed by atoms with van der Waals surface area (Å²) in [7, 11) is 1.46. The minimum absolute atomic E-state index is 0.00784. The summed E-state index contributed by atoms with van der Waals surface area (Å²) in [6, 6.07) is 8.18. The van der Waals surface area contributed by atoms with Gasteiger partial charge in [0, 0.05) is 18.6 Å². The predicted molar refractivity (Wildman–Crippen MR) is 73.2 cm³/mol. The van der Waals surface area contributed by atoms with Crippen LogP contribution in [0, 0.1) is 0 Å². The van der Waals surface area contributed by atoms with Crippen LogP contribution in [-0.4, -0.2) is 29.7 Å². The number of aromatic hydroxyl groups is 2. The molecule has 0 aromatic heterocycles. The van der Waals surface area contributed by atoms with E-state index in [4.69, 9.17) is 4.74 Å². The highest BCUT2D eigenvalue weighted by atomic mass is 16.5. The van der Waals surface area contributed by atoms with Gasteiger partial charge in [0.05, 0.1) is 0 Å². The summed E-state index contributed by atoms with van der Waals surface area (Å²) in [5.74, 6) is -0.102. The lowest BCUT2D eigenvalue weighted by Crippen LogP contribution is -2.01. The molecule has 0 unspecified atom stereocenters. The van der Waals surface area contributed by atoms with Crippen LogP contribution in [0.15, 0.2) is 36.4 Å². The van der Waals surface area contributed by atoms with Gasteiger partial charge in [-0.15, -0.1) is 0 Å². The fourth-order valence-electron chi connectivity index (χ4n) is 1.82. The van der Waals surface area contributed by atoms with Crippen molar-refractivity contribution in [3.63, 3.8) is 0 Å². The van der Waals surface area contributed by atoms with Crippen LogP contribution in [-0.2, 0) is 9.53 Å². The number of ether oxygens (including phenoxy) is 1. The van der Waals surface area contributed by atoms with Gasteiger partial charge in [-0.3, -0.25) is 4.79 Å². The molecule has 2 aromatic rings. The highest BCUT2D eigenvalue weighted by molar-refractivity contribution is 5.96. The Morgan fingerprint density at radius 3 is 2.79 bits per heavy atom. The molecule has 0 spiro atoms. The van der Waals surface area contributed by atoms with Crippen LogP contribution in [0.2, 0.25) is 0 Å². The minimum Gasteiger partial charge on any atom is -0.508 e. The normalized spacial score (nSPS) is 11.2. The van der Waals surface area contributed by atoms with Gasteiger partial charge in [0.2, 0.25) is 0 Å². The summed E-state index contributed by atoms with van der Waals surface area (Å²) >= 11 is 0. The Labute approximate surface area is 110 Å². The van der Waals surface area contributed by atoms with Gasteiger partial charge in [-0.05, 0) is 29.2 Å². The molecule has 0 aliphatic carbocycles. The van der Waals surface area contributed by atoms with Crippen LogP contribution in [0.25, 0.3) is 16.8 Å². The van der Waals surface area contributed by atoms with E-state index >= 15 is 0 Å². The molecule has 0 aliphatic rings. The van der Waals surface area contributed by atoms with E-state index < -0.39 is 0 Å². The molecule has 0 radical (unpaired) electrons. The molecule has 0 fully saturated rings. The van der Waals surface area contributed by atoms with E-state index in [9.17, 15) is 15.0 Å². The molecule has 4 heteroatoms. The van der Waals surface area contributed by atoms with Crippen LogP contribution < -0.4 is 0 Å². The number of fused-ring (bicyclic) bond motifs is 1. The van der Waals surface area contributed by atoms with Gasteiger partial charge in [0.25, 0.3) is 0 Å². The van der Waals surface area contributed by atoms with Gasteiger partial charge in [-0.1, -0.05) is 18.2 Å². The van der Waals surface area contributed by atoms with E-state index in [0.29, 0.717) is 5.39 Å². The Bertz CT molecular complexity index is 644. The first-order chi connectivity index (χ1) is 9.10. The van der Waals surface area contributed by atoms with E-state index in [-0.39, 0.29) is 23.9 Å². The SMILES string of the molecule is COCC(=O)/C=C/c1ccc2cc(O)cc(O)c2c1.